The van der Waals surface area contributed by atoms with E-state index < -0.39 is 0 Å². The van der Waals surface area contributed by atoms with Crippen LogP contribution < -0.4 is 0 Å². The summed E-state index contributed by atoms with van der Waals surface area (Å²) >= 11 is 0. The number of hydrogen-bond donors (Lipinski definition) is 0. The van der Waals surface area contributed by atoms with Gasteiger partial charge in [-0.2, -0.15) is 0 Å². The molecule has 1 aromatic carbocycles. The molecule has 19 heavy (non-hydrogen) atoms. The fourth-order valence-corrected chi connectivity index (χ4v) is 2.59. The van der Waals surface area contributed by atoms with Gasteiger partial charge in [0, 0.05) is 17.8 Å². The van der Waals surface area contributed by atoms with Crippen LogP contribution in [-0.2, 0) is 6.42 Å². The first kappa shape index (κ1) is 11.9. The van der Waals surface area contributed by atoms with Crippen molar-refractivity contribution in [3.63, 3.8) is 0 Å². The Bertz CT molecular complexity index is 609. The molecular weight excluding hydrogens is 230 g/mol. The van der Waals surface area contributed by atoms with Crippen LogP contribution in [0.15, 0.2) is 72.5 Å². The highest BCUT2D eigenvalue weighted by molar-refractivity contribution is 5.79. The molecular formula is C18H17N. The summed E-state index contributed by atoms with van der Waals surface area (Å²) < 4.78 is 0. The van der Waals surface area contributed by atoms with Gasteiger partial charge in [-0.25, -0.2) is 0 Å². The Kier molecular flexibility index (Phi) is 3.28. The molecule has 0 bridgehead atoms. The number of allylic oxidation sites excluding steroid dienone is 4. The lowest BCUT2D eigenvalue weighted by Crippen LogP contribution is -2.02. The minimum Gasteiger partial charge on any atom is -0.261 e. The van der Waals surface area contributed by atoms with Gasteiger partial charge in [0.05, 0.1) is 0 Å². The summed E-state index contributed by atoms with van der Waals surface area (Å²) in [6.45, 7) is 2.23. The molecule has 0 fully saturated rings. The topological polar surface area (TPSA) is 12.9 Å². The summed E-state index contributed by atoms with van der Waals surface area (Å²) in [5, 5.41) is 0. The molecule has 1 heterocycles. The maximum absolute atomic E-state index is 4.42. The third kappa shape index (κ3) is 2.50. The molecule has 0 amide bonds. The van der Waals surface area contributed by atoms with Crippen LogP contribution in [0.1, 0.15) is 18.2 Å². The Hall–Kier alpha value is -2.15. The largest absolute Gasteiger partial charge is 0.261 e. The van der Waals surface area contributed by atoms with Gasteiger partial charge in [0.25, 0.3) is 0 Å². The van der Waals surface area contributed by atoms with Crippen molar-refractivity contribution in [3.8, 4) is 0 Å². The number of pyridine rings is 1. The van der Waals surface area contributed by atoms with Crippen LogP contribution in [0.5, 0.6) is 0 Å². The van der Waals surface area contributed by atoms with E-state index in [1.807, 2.05) is 12.3 Å². The highest BCUT2D eigenvalue weighted by Crippen LogP contribution is 2.33. The molecule has 0 N–H and O–H groups in total. The molecule has 94 valence electrons. The molecule has 1 aliphatic rings. The van der Waals surface area contributed by atoms with Crippen molar-refractivity contribution in [1.82, 2.24) is 4.98 Å². The lowest BCUT2D eigenvalue weighted by molar-refractivity contribution is 0.747. The van der Waals surface area contributed by atoms with Gasteiger partial charge in [0.1, 0.15) is 0 Å². The molecule has 0 radical (unpaired) electrons. The number of rotatable bonds is 3. The molecule has 1 aromatic heterocycles. The van der Waals surface area contributed by atoms with Gasteiger partial charge >= 0.3 is 0 Å². The highest BCUT2D eigenvalue weighted by atomic mass is 14.7. The number of benzene rings is 1. The normalized spacial score (nSPS) is 18.1. The molecule has 1 aliphatic carbocycles. The summed E-state index contributed by atoms with van der Waals surface area (Å²) in [5.74, 6) is 0.477. The van der Waals surface area contributed by atoms with Gasteiger partial charge in [0.15, 0.2) is 0 Å². The maximum atomic E-state index is 4.42. The Labute approximate surface area is 114 Å². The van der Waals surface area contributed by atoms with E-state index in [4.69, 9.17) is 0 Å². The molecule has 1 unspecified atom stereocenters. The second kappa shape index (κ2) is 5.23. The zero-order valence-corrected chi connectivity index (χ0v) is 11.1. The Morgan fingerprint density at radius 1 is 1.00 bits per heavy atom. The first-order valence-corrected chi connectivity index (χ1v) is 6.69. The van der Waals surface area contributed by atoms with Crippen molar-refractivity contribution in [2.75, 3.05) is 0 Å². The predicted octanol–water partition coefficient (Wildman–Crippen LogP) is 4.28. The monoisotopic (exact) mass is 247 g/mol. The quantitative estimate of drug-likeness (QED) is 0.788. The zero-order valence-electron chi connectivity index (χ0n) is 11.1. The Morgan fingerprint density at radius 2 is 1.79 bits per heavy atom. The van der Waals surface area contributed by atoms with E-state index in [0.717, 1.165) is 12.1 Å². The molecule has 2 aromatic rings. The lowest BCUT2D eigenvalue weighted by Gasteiger charge is -2.11. The van der Waals surface area contributed by atoms with Gasteiger partial charge < -0.3 is 0 Å². The molecule has 1 nitrogen and oxygen atoms in total. The van der Waals surface area contributed by atoms with Crippen LogP contribution in [0.3, 0.4) is 0 Å². The third-order valence-electron chi connectivity index (χ3n) is 3.72. The number of aromatic nitrogens is 1. The van der Waals surface area contributed by atoms with Gasteiger partial charge in [-0.05, 0) is 36.6 Å². The first-order chi connectivity index (χ1) is 9.34. The van der Waals surface area contributed by atoms with E-state index in [9.17, 15) is 0 Å². The van der Waals surface area contributed by atoms with Crippen molar-refractivity contribution in [2.45, 2.75) is 13.3 Å². The van der Waals surface area contributed by atoms with E-state index in [-0.39, 0.29) is 0 Å². The number of hydrogen-bond acceptors (Lipinski definition) is 1. The van der Waals surface area contributed by atoms with Crippen molar-refractivity contribution in [2.24, 2.45) is 5.92 Å². The van der Waals surface area contributed by atoms with Gasteiger partial charge in [-0.1, -0.05) is 54.1 Å². The van der Waals surface area contributed by atoms with Crippen LogP contribution in [-0.4, -0.2) is 4.98 Å². The average molecular weight is 247 g/mol. The highest BCUT2D eigenvalue weighted by Gasteiger charge is 2.18. The first-order valence-electron chi connectivity index (χ1n) is 6.69. The van der Waals surface area contributed by atoms with E-state index in [1.165, 1.54) is 16.7 Å². The SMILES string of the molecule is CC1=C(c2ccccc2)C=CC1Cc1ccccn1. The third-order valence-corrected chi connectivity index (χ3v) is 3.72. The predicted molar refractivity (Wildman–Crippen MR) is 79.6 cm³/mol. The summed E-state index contributed by atoms with van der Waals surface area (Å²) in [6.07, 6.45) is 7.40. The summed E-state index contributed by atoms with van der Waals surface area (Å²) in [6, 6.07) is 16.7. The lowest BCUT2D eigenvalue weighted by atomic mass is 9.94. The fourth-order valence-electron chi connectivity index (χ4n) is 2.59. The van der Waals surface area contributed by atoms with Crippen molar-refractivity contribution >= 4 is 5.57 Å². The molecule has 0 saturated heterocycles. The Balaban J connectivity index is 1.84. The second-order valence-electron chi connectivity index (χ2n) is 4.95. The number of nitrogens with zero attached hydrogens (tertiary/aromatic N) is 1. The Morgan fingerprint density at radius 3 is 2.53 bits per heavy atom. The van der Waals surface area contributed by atoms with Crippen LogP contribution >= 0.6 is 0 Å². The van der Waals surface area contributed by atoms with E-state index >= 15 is 0 Å². The fraction of sp³-hybridized carbons (Fsp3) is 0.167. The molecule has 3 rings (SSSR count). The summed E-state index contributed by atoms with van der Waals surface area (Å²) in [7, 11) is 0. The second-order valence-corrected chi connectivity index (χ2v) is 4.95. The van der Waals surface area contributed by atoms with Gasteiger partial charge in [-0.15, -0.1) is 0 Å². The van der Waals surface area contributed by atoms with Crippen LogP contribution in [0, 0.1) is 5.92 Å². The van der Waals surface area contributed by atoms with E-state index in [2.05, 4.69) is 66.5 Å². The minimum atomic E-state index is 0.477. The zero-order chi connectivity index (χ0) is 13.1. The summed E-state index contributed by atoms with van der Waals surface area (Å²) in [4.78, 5) is 4.42. The molecule has 0 spiro atoms. The van der Waals surface area contributed by atoms with E-state index in [0.29, 0.717) is 5.92 Å². The van der Waals surface area contributed by atoms with Crippen LogP contribution in [0.25, 0.3) is 5.57 Å². The van der Waals surface area contributed by atoms with E-state index in [1.54, 1.807) is 0 Å². The molecule has 0 saturated carbocycles. The smallest absolute Gasteiger partial charge is 0.0412 e. The average Bonchev–Trinajstić information content (AvgIpc) is 2.82. The standard InChI is InChI=1S/C18H17N/c1-14-16(13-17-9-5-6-12-19-17)10-11-18(14)15-7-3-2-4-8-15/h2-12,16H,13H2,1H3. The van der Waals surface area contributed by atoms with Crippen LogP contribution in [0.2, 0.25) is 0 Å². The molecule has 1 heteroatoms. The summed E-state index contributed by atoms with van der Waals surface area (Å²) in [5.41, 5.74) is 5.27. The van der Waals surface area contributed by atoms with Gasteiger partial charge in [0.2, 0.25) is 0 Å². The van der Waals surface area contributed by atoms with Crippen LogP contribution in [0.4, 0.5) is 0 Å². The maximum Gasteiger partial charge on any atom is 0.0412 e. The van der Waals surface area contributed by atoms with Crippen molar-refractivity contribution in [1.29, 1.82) is 0 Å². The van der Waals surface area contributed by atoms with Gasteiger partial charge in [-0.3, -0.25) is 4.98 Å². The molecule has 0 aliphatic heterocycles. The van der Waals surface area contributed by atoms with Crippen molar-refractivity contribution in [3.05, 3.63) is 83.7 Å². The molecule has 1 atom stereocenters. The minimum absolute atomic E-state index is 0.477. The van der Waals surface area contributed by atoms with Crippen molar-refractivity contribution < 1.29 is 0 Å².